The Kier molecular flexibility index (Phi) is 2.40. The summed E-state index contributed by atoms with van der Waals surface area (Å²) in [6, 6.07) is 8.32. The Morgan fingerprint density at radius 2 is 2.20 bits per heavy atom. The molecule has 0 saturated heterocycles. The molecule has 1 aliphatic rings. The lowest BCUT2D eigenvalue weighted by Crippen LogP contribution is -2.25. The molecular formula is C10H10N2OS2. The minimum absolute atomic E-state index is 0.442. The normalized spacial score (nSPS) is 18.2. The fourth-order valence-corrected chi connectivity index (χ4v) is 3.57. The second kappa shape index (κ2) is 3.75. The van der Waals surface area contributed by atoms with Gasteiger partial charge in [0.15, 0.2) is 0 Å². The third kappa shape index (κ3) is 2.01. The van der Waals surface area contributed by atoms with Crippen molar-refractivity contribution in [3.63, 3.8) is 0 Å². The highest BCUT2D eigenvalue weighted by atomic mass is 32.2. The average Bonchev–Trinajstić information content (AvgIpc) is 2.95. The second-order valence-corrected chi connectivity index (χ2v) is 6.06. The Bertz CT molecular complexity index is 448. The summed E-state index contributed by atoms with van der Waals surface area (Å²) in [5, 5.41) is 0. The summed E-state index contributed by atoms with van der Waals surface area (Å²) in [6.45, 7) is 0. The Hall–Kier alpha value is -0.620. The number of fused-ring (bicyclic) bond motifs is 1. The smallest absolute Gasteiger partial charge is 0.324 e. The van der Waals surface area contributed by atoms with E-state index in [1.54, 1.807) is 0 Å². The van der Waals surface area contributed by atoms with E-state index in [2.05, 4.69) is 9.71 Å². The van der Waals surface area contributed by atoms with Gasteiger partial charge in [-0.05, 0) is 25.0 Å². The molecule has 1 saturated carbocycles. The van der Waals surface area contributed by atoms with Crippen molar-refractivity contribution in [1.29, 1.82) is 0 Å². The van der Waals surface area contributed by atoms with Crippen LogP contribution >= 0.6 is 11.3 Å². The first-order valence-corrected chi connectivity index (χ1v) is 6.83. The summed E-state index contributed by atoms with van der Waals surface area (Å²) in [4.78, 5) is 4.35. The fourth-order valence-electron chi connectivity index (χ4n) is 1.33. The predicted octanol–water partition coefficient (Wildman–Crippen LogP) is 2.07. The lowest BCUT2D eigenvalue weighted by Gasteiger charge is -2.04. The van der Waals surface area contributed by atoms with Gasteiger partial charge in [-0.2, -0.15) is 4.98 Å². The monoisotopic (exact) mass is 238 g/mol. The number of hydrogen-bond donors (Lipinski definition) is 1. The molecule has 0 spiro atoms. The van der Waals surface area contributed by atoms with E-state index in [9.17, 15) is 4.55 Å². The van der Waals surface area contributed by atoms with E-state index in [0.717, 1.165) is 23.1 Å². The quantitative estimate of drug-likeness (QED) is 0.833. The van der Waals surface area contributed by atoms with E-state index in [0.29, 0.717) is 10.4 Å². The minimum atomic E-state index is -1.13. The molecule has 3 nitrogen and oxygen atoms in total. The van der Waals surface area contributed by atoms with Crippen LogP contribution in [0.4, 0.5) is 0 Å². The third-order valence-corrected chi connectivity index (χ3v) is 4.77. The molecule has 1 fully saturated rings. The summed E-state index contributed by atoms with van der Waals surface area (Å²) in [7, 11) is 0. The van der Waals surface area contributed by atoms with Gasteiger partial charge in [0.2, 0.25) is 0 Å². The van der Waals surface area contributed by atoms with Crippen molar-refractivity contribution in [2.75, 3.05) is 0 Å². The molecule has 3 rings (SSSR count). The summed E-state index contributed by atoms with van der Waals surface area (Å²) in [6.07, 6.45) is 2.27. The summed E-state index contributed by atoms with van der Waals surface area (Å²) in [5.41, 5.74) is 0.934. The zero-order chi connectivity index (χ0) is 10.3. The fraction of sp³-hybridized carbons (Fsp3) is 0.300. The number of rotatable bonds is 3. The summed E-state index contributed by atoms with van der Waals surface area (Å²) < 4.78 is 16.6. The molecule has 1 atom stereocenters. The molecule has 1 N–H and O–H groups in total. The highest BCUT2D eigenvalue weighted by Crippen LogP contribution is 2.27. The van der Waals surface area contributed by atoms with Crippen molar-refractivity contribution >= 4 is 32.9 Å². The first kappa shape index (κ1) is 9.59. The zero-order valence-corrected chi connectivity index (χ0v) is 9.61. The number of nitrogens with zero attached hydrogens (tertiary/aromatic N) is 1. The van der Waals surface area contributed by atoms with Crippen LogP contribution in [-0.2, 0) is 11.4 Å². The molecule has 0 bridgehead atoms. The second-order valence-electron chi connectivity index (χ2n) is 3.61. The highest BCUT2D eigenvalue weighted by Gasteiger charge is 2.29. The van der Waals surface area contributed by atoms with Crippen LogP contribution in [0.1, 0.15) is 12.8 Å². The Labute approximate surface area is 94.8 Å². The third-order valence-electron chi connectivity index (χ3n) is 2.28. The molecule has 0 radical (unpaired) electrons. The Morgan fingerprint density at radius 3 is 2.93 bits per heavy atom. The number of thiazole rings is 1. The molecule has 0 aliphatic heterocycles. The van der Waals surface area contributed by atoms with Gasteiger partial charge in [-0.15, -0.1) is 4.72 Å². The topological polar surface area (TPSA) is 48.0 Å². The van der Waals surface area contributed by atoms with Gasteiger partial charge in [0, 0.05) is 0 Å². The molecule has 1 aliphatic carbocycles. The van der Waals surface area contributed by atoms with Crippen molar-refractivity contribution in [1.82, 2.24) is 9.71 Å². The molecule has 1 unspecified atom stereocenters. The van der Waals surface area contributed by atoms with Crippen LogP contribution in [-0.4, -0.2) is 15.6 Å². The lowest BCUT2D eigenvalue weighted by molar-refractivity contribution is 0.579. The van der Waals surface area contributed by atoms with Crippen LogP contribution in [0.25, 0.3) is 10.2 Å². The predicted molar refractivity (Wildman–Crippen MR) is 62.2 cm³/mol. The maximum Gasteiger partial charge on any atom is 0.324 e. The molecule has 1 heterocycles. The van der Waals surface area contributed by atoms with Crippen LogP contribution < -0.4 is 4.72 Å². The van der Waals surface area contributed by atoms with Crippen molar-refractivity contribution < 1.29 is 4.55 Å². The zero-order valence-electron chi connectivity index (χ0n) is 7.97. The van der Waals surface area contributed by atoms with Crippen molar-refractivity contribution in [3.8, 4) is 0 Å². The number of hydrogen-bond acceptors (Lipinski definition) is 4. The number of para-hydroxylation sites is 1. The van der Waals surface area contributed by atoms with Crippen LogP contribution in [0.15, 0.2) is 28.6 Å². The summed E-state index contributed by atoms with van der Waals surface area (Å²) in [5.74, 6) is 0. The van der Waals surface area contributed by atoms with E-state index in [1.165, 1.54) is 11.3 Å². The average molecular weight is 238 g/mol. The maximum atomic E-state index is 11.8. The first-order chi connectivity index (χ1) is 7.33. The van der Waals surface area contributed by atoms with E-state index in [-0.39, 0.29) is 0 Å². The lowest BCUT2D eigenvalue weighted by atomic mass is 10.3. The molecule has 1 aromatic heterocycles. The van der Waals surface area contributed by atoms with Gasteiger partial charge in [0.1, 0.15) is 11.4 Å². The van der Waals surface area contributed by atoms with Gasteiger partial charge < -0.3 is 4.55 Å². The minimum Gasteiger partial charge on any atom is -0.591 e. The SMILES string of the molecule is [O-][S+](NC1CC1)c1nc2ccccc2s1. The van der Waals surface area contributed by atoms with E-state index in [1.807, 2.05) is 24.3 Å². The van der Waals surface area contributed by atoms with Gasteiger partial charge >= 0.3 is 4.34 Å². The Balaban J connectivity index is 1.89. The number of aromatic nitrogens is 1. The number of benzene rings is 1. The van der Waals surface area contributed by atoms with E-state index in [4.69, 9.17) is 0 Å². The van der Waals surface area contributed by atoms with E-state index >= 15 is 0 Å². The van der Waals surface area contributed by atoms with E-state index < -0.39 is 11.4 Å². The summed E-state index contributed by atoms with van der Waals surface area (Å²) >= 11 is 0.375. The van der Waals surface area contributed by atoms with Gasteiger partial charge in [0.25, 0.3) is 0 Å². The molecule has 0 amide bonds. The standard InChI is InChI=1S/C10H10N2OS2/c13-15(12-7-5-6-7)10-11-8-3-1-2-4-9(8)14-10/h1-4,7,12H,5-6H2. The molecule has 1 aromatic carbocycles. The molecule has 2 aromatic rings. The molecule has 78 valence electrons. The van der Waals surface area contributed by atoms with Gasteiger partial charge in [-0.3, -0.25) is 0 Å². The maximum absolute atomic E-state index is 11.8. The van der Waals surface area contributed by atoms with Crippen LogP contribution in [0, 0.1) is 0 Å². The molecule has 15 heavy (non-hydrogen) atoms. The van der Waals surface area contributed by atoms with Crippen LogP contribution in [0.3, 0.4) is 0 Å². The largest absolute Gasteiger partial charge is 0.591 e. The number of nitrogens with one attached hydrogen (secondary N) is 1. The van der Waals surface area contributed by atoms with Crippen molar-refractivity contribution in [3.05, 3.63) is 24.3 Å². The molecule has 5 heteroatoms. The van der Waals surface area contributed by atoms with Crippen LogP contribution in [0.2, 0.25) is 0 Å². The Morgan fingerprint density at radius 1 is 1.40 bits per heavy atom. The highest BCUT2D eigenvalue weighted by molar-refractivity contribution is 7.91. The van der Waals surface area contributed by atoms with Crippen LogP contribution in [0.5, 0.6) is 0 Å². The van der Waals surface area contributed by atoms with Gasteiger partial charge in [-0.25, -0.2) is 0 Å². The van der Waals surface area contributed by atoms with Crippen molar-refractivity contribution in [2.24, 2.45) is 0 Å². The first-order valence-electron chi connectivity index (χ1n) is 4.86. The van der Waals surface area contributed by atoms with Gasteiger partial charge in [0.05, 0.1) is 16.3 Å². The van der Waals surface area contributed by atoms with Gasteiger partial charge in [-0.1, -0.05) is 23.5 Å². The van der Waals surface area contributed by atoms with Crippen molar-refractivity contribution in [2.45, 2.75) is 23.2 Å². The molecular weight excluding hydrogens is 228 g/mol.